The fourth-order valence-electron chi connectivity index (χ4n) is 2.42. The first-order valence-electron chi connectivity index (χ1n) is 7.13. The molecule has 1 N–H and O–H groups in total. The summed E-state index contributed by atoms with van der Waals surface area (Å²) in [4.78, 5) is 14.1. The van der Waals surface area contributed by atoms with Crippen molar-refractivity contribution in [2.75, 3.05) is 33.4 Å². The summed E-state index contributed by atoms with van der Waals surface area (Å²) in [6.45, 7) is 7.57. The van der Waals surface area contributed by atoms with Crippen LogP contribution >= 0.6 is 0 Å². The second-order valence-electron chi connectivity index (χ2n) is 5.56. The van der Waals surface area contributed by atoms with E-state index in [-0.39, 0.29) is 5.91 Å². The minimum absolute atomic E-state index is 0.273. The molecule has 106 valence electrons. The van der Waals surface area contributed by atoms with Crippen LogP contribution in [-0.2, 0) is 9.53 Å². The topological polar surface area (TPSA) is 41.6 Å². The van der Waals surface area contributed by atoms with Crippen molar-refractivity contribution in [1.82, 2.24) is 10.2 Å². The molecule has 1 rings (SSSR count). The SMILES string of the molecule is COCCN(CC(C)C)C(=O)CCC1CCCN1. The number of hydrogen-bond acceptors (Lipinski definition) is 3. The Kier molecular flexibility index (Phi) is 7.28. The average Bonchev–Trinajstić information content (AvgIpc) is 2.84. The molecule has 1 fully saturated rings. The van der Waals surface area contributed by atoms with Crippen molar-refractivity contribution in [2.24, 2.45) is 5.92 Å². The molecule has 4 nitrogen and oxygen atoms in total. The molecule has 0 aromatic carbocycles. The van der Waals surface area contributed by atoms with Gasteiger partial charge in [-0.2, -0.15) is 0 Å². The maximum atomic E-state index is 12.2. The molecule has 1 heterocycles. The van der Waals surface area contributed by atoms with Crippen molar-refractivity contribution >= 4 is 5.91 Å². The van der Waals surface area contributed by atoms with Crippen LogP contribution in [0.1, 0.15) is 39.5 Å². The van der Waals surface area contributed by atoms with Gasteiger partial charge in [0.25, 0.3) is 0 Å². The molecule has 1 unspecified atom stereocenters. The van der Waals surface area contributed by atoms with Crippen molar-refractivity contribution in [2.45, 2.75) is 45.6 Å². The molecule has 0 saturated carbocycles. The minimum Gasteiger partial charge on any atom is -0.383 e. The van der Waals surface area contributed by atoms with Crippen molar-refractivity contribution in [3.05, 3.63) is 0 Å². The summed E-state index contributed by atoms with van der Waals surface area (Å²) in [7, 11) is 1.68. The van der Waals surface area contributed by atoms with Crippen LogP contribution in [0.2, 0.25) is 0 Å². The van der Waals surface area contributed by atoms with E-state index in [0.29, 0.717) is 31.5 Å². The number of methoxy groups -OCH3 is 1. The quantitative estimate of drug-likeness (QED) is 0.718. The number of hydrogen-bond donors (Lipinski definition) is 1. The Labute approximate surface area is 111 Å². The van der Waals surface area contributed by atoms with Crippen LogP contribution in [0.15, 0.2) is 0 Å². The molecule has 1 aliphatic rings. The average molecular weight is 256 g/mol. The molecule has 18 heavy (non-hydrogen) atoms. The molecule has 1 atom stereocenters. The summed E-state index contributed by atoms with van der Waals surface area (Å²) in [6, 6.07) is 0.553. The molecule has 0 spiro atoms. The highest BCUT2D eigenvalue weighted by molar-refractivity contribution is 5.76. The fraction of sp³-hybridized carbons (Fsp3) is 0.929. The van der Waals surface area contributed by atoms with Gasteiger partial charge in [-0.1, -0.05) is 13.8 Å². The van der Waals surface area contributed by atoms with E-state index in [1.807, 2.05) is 4.90 Å². The molecule has 0 aliphatic carbocycles. The molecule has 0 aromatic heterocycles. The van der Waals surface area contributed by atoms with Crippen LogP contribution in [0.3, 0.4) is 0 Å². The summed E-state index contributed by atoms with van der Waals surface area (Å²) in [5.41, 5.74) is 0. The predicted molar refractivity (Wildman–Crippen MR) is 73.6 cm³/mol. The van der Waals surface area contributed by atoms with E-state index in [2.05, 4.69) is 19.2 Å². The lowest BCUT2D eigenvalue weighted by atomic mass is 10.1. The van der Waals surface area contributed by atoms with Gasteiger partial charge in [-0.3, -0.25) is 4.79 Å². The Morgan fingerprint density at radius 3 is 2.83 bits per heavy atom. The zero-order chi connectivity index (χ0) is 13.4. The van der Waals surface area contributed by atoms with E-state index in [4.69, 9.17) is 4.74 Å². The monoisotopic (exact) mass is 256 g/mol. The Bertz CT molecular complexity index is 238. The van der Waals surface area contributed by atoms with E-state index < -0.39 is 0 Å². The Morgan fingerprint density at radius 1 is 1.50 bits per heavy atom. The number of carbonyl (C=O) groups is 1. The zero-order valence-corrected chi connectivity index (χ0v) is 12.1. The highest BCUT2D eigenvalue weighted by Crippen LogP contribution is 2.12. The number of amides is 1. The van der Waals surface area contributed by atoms with Gasteiger partial charge < -0.3 is 15.0 Å². The van der Waals surface area contributed by atoms with E-state index in [1.165, 1.54) is 12.8 Å². The van der Waals surface area contributed by atoms with Crippen molar-refractivity contribution in [3.63, 3.8) is 0 Å². The molecule has 1 amide bonds. The van der Waals surface area contributed by atoms with Gasteiger partial charge in [-0.15, -0.1) is 0 Å². The zero-order valence-electron chi connectivity index (χ0n) is 12.1. The number of ether oxygens (including phenoxy) is 1. The highest BCUT2D eigenvalue weighted by atomic mass is 16.5. The molecule has 0 aromatic rings. The standard InChI is InChI=1S/C14H28N2O2/c1-12(2)11-16(9-10-18-3)14(17)7-6-13-5-4-8-15-13/h12-13,15H,4-11H2,1-3H3. The lowest BCUT2D eigenvalue weighted by molar-refractivity contribution is -0.132. The molecule has 0 bridgehead atoms. The molecular weight excluding hydrogens is 228 g/mol. The first-order valence-corrected chi connectivity index (χ1v) is 7.13. The normalized spacial score (nSPS) is 19.4. The minimum atomic E-state index is 0.273. The first kappa shape index (κ1) is 15.4. The van der Waals surface area contributed by atoms with E-state index in [1.54, 1.807) is 7.11 Å². The Balaban J connectivity index is 2.31. The summed E-state index contributed by atoms with van der Waals surface area (Å²) in [6.07, 6.45) is 4.10. The van der Waals surface area contributed by atoms with Crippen LogP contribution in [0.5, 0.6) is 0 Å². The van der Waals surface area contributed by atoms with Crippen LogP contribution in [0.4, 0.5) is 0 Å². The largest absolute Gasteiger partial charge is 0.383 e. The smallest absolute Gasteiger partial charge is 0.222 e. The van der Waals surface area contributed by atoms with Gasteiger partial charge in [-0.05, 0) is 31.7 Å². The second kappa shape index (κ2) is 8.48. The number of rotatable bonds is 8. The van der Waals surface area contributed by atoms with Gasteiger partial charge in [0.2, 0.25) is 5.91 Å². The van der Waals surface area contributed by atoms with Gasteiger partial charge in [0.05, 0.1) is 6.61 Å². The highest BCUT2D eigenvalue weighted by Gasteiger charge is 2.19. The van der Waals surface area contributed by atoms with Gasteiger partial charge in [0.15, 0.2) is 0 Å². The second-order valence-corrected chi connectivity index (χ2v) is 5.56. The van der Waals surface area contributed by atoms with Crippen molar-refractivity contribution in [3.8, 4) is 0 Å². The lowest BCUT2D eigenvalue weighted by Crippen LogP contribution is -2.37. The Hall–Kier alpha value is -0.610. The van der Waals surface area contributed by atoms with Gasteiger partial charge >= 0.3 is 0 Å². The fourth-order valence-corrected chi connectivity index (χ4v) is 2.42. The van der Waals surface area contributed by atoms with E-state index in [9.17, 15) is 4.79 Å². The number of carbonyl (C=O) groups excluding carboxylic acids is 1. The summed E-state index contributed by atoms with van der Waals surface area (Å²) in [5.74, 6) is 0.782. The third kappa shape index (κ3) is 5.83. The number of nitrogens with one attached hydrogen (secondary N) is 1. The maximum absolute atomic E-state index is 12.2. The Morgan fingerprint density at radius 2 is 2.28 bits per heavy atom. The van der Waals surface area contributed by atoms with Gasteiger partial charge in [0, 0.05) is 32.7 Å². The van der Waals surface area contributed by atoms with Crippen LogP contribution in [-0.4, -0.2) is 50.2 Å². The molecule has 0 radical (unpaired) electrons. The van der Waals surface area contributed by atoms with E-state index in [0.717, 1.165) is 19.5 Å². The lowest BCUT2D eigenvalue weighted by Gasteiger charge is -2.25. The summed E-state index contributed by atoms with van der Waals surface area (Å²) < 4.78 is 5.08. The van der Waals surface area contributed by atoms with Crippen LogP contribution in [0.25, 0.3) is 0 Å². The first-order chi connectivity index (χ1) is 8.63. The summed E-state index contributed by atoms with van der Waals surface area (Å²) >= 11 is 0. The van der Waals surface area contributed by atoms with Crippen LogP contribution < -0.4 is 5.32 Å². The van der Waals surface area contributed by atoms with Crippen molar-refractivity contribution in [1.29, 1.82) is 0 Å². The van der Waals surface area contributed by atoms with Crippen LogP contribution in [0, 0.1) is 5.92 Å². The van der Waals surface area contributed by atoms with Crippen molar-refractivity contribution < 1.29 is 9.53 Å². The third-order valence-electron chi connectivity index (χ3n) is 3.37. The maximum Gasteiger partial charge on any atom is 0.222 e. The third-order valence-corrected chi connectivity index (χ3v) is 3.37. The molecule has 4 heteroatoms. The molecule has 1 saturated heterocycles. The molecular formula is C14H28N2O2. The van der Waals surface area contributed by atoms with Gasteiger partial charge in [-0.25, -0.2) is 0 Å². The summed E-state index contributed by atoms with van der Waals surface area (Å²) in [5, 5.41) is 3.44. The van der Waals surface area contributed by atoms with E-state index >= 15 is 0 Å². The van der Waals surface area contributed by atoms with Gasteiger partial charge in [0.1, 0.15) is 0 Å². The predicted octanol–water partition coefficient (Wildman–Crippen LogP) is 1.65. The molecule has 1 aliphatic heterocycles. The number of nitrogens with zero attached hydrogens (tertiary/aromatic N) is 1.